The summed E-state index contributed by atoms with van der Waals surface area (Å²) in [5.41, 5.74) is 0.787. The van der Waals surface area contributed by atoms with Crippen LogP contribution in [0.25, 0.3) is 5.69 Å². The fourth-order valence-electron chi connectivity index (χ4n) is 1.61. The van der Waals surface area contributed by atoms with E-state index in [9.17, 15) is 9.59 Å². The van der Waals surface area contributed by atoms with Gasteiger partial charge in [0.05, 0.1) is 11.3 Å². The van der Waals surface area contributed by atoms with Crippen molar-refractivity contribution < 1.29 is 0 Å². The zero-order valence-electron chi connectivity index (χ0n) is 9.75. The summed E-state index contributed by atoms with van der Waals surface area (Å²) >= 11 is 9.10. The van der Waals surface area contributed by atoms with Crippen molar-refractivity contribution in [2.24, 2.45) is 0 Å². The van der Waals surface area contributed by atoms with Crippen molar-refractivity contribution in [1.29, 1.82) is 0 Å². The Morgan fingerprint density at radius 2 is 1.94 bits per heavy atom. The summed E-state index contributed by atoms with van der Waals surface area (Å²) in [6.07, 6.45) is 0. The molecule has 0 unspecified atom stereocenters. The van der Waals surface area contributed by atoms with E-state index in [0.717, 1.165) is 10.1 Å². The van der Waals surface area contributed by atoms with Crippen LogP contribution in [-0.4, -0.2) is 9.55 Å². The molecule has 0 fully saturated rings. The second-order valence-electron chi connectivity index (χ2n) is 3.96. The first-order valence-corrected chi connectivity index (χ1v) is 6.37. The van der Waals surface area contributed by atoms with Crippen LogP contribution in [0, 0.1) is 13.8 Å². The Kier molecular flexibility index (Phi) is 3.45. The molecule has 18 heavy (non-hydrogen) atoms. The van der Waals surface area contributed by atoms with E-state index in [0.29, 0.717) is 15.7 Å². The highest BCUT2D eigenvalue weighted by Crippen LogP contribution is 2.20. The summed E-state index contributed by atoms with van der Waals surface area (Å²) in [6, 6.07) is 5.43. The highest BCUT2D eigenvalue weighted by atomic mass is 79.9. The van der Waals surface area contributed by atoms with Gasteiger partial charge in [0.1, 0.15) is 5.15 Å². The maximum atomic E-state index is 12.1. The summed E-state index contributed by atoms with van der Waals surface area (Å²) in [7, 11) is 0. The third kappa shape index (κ3) is 2.15. The second-order valence-corrected chi connectivity index (χ2v) is 5.20. The lowest BCUT2D eigenvalue weighted by Gasteiger charge is -2.09. The average Bonchev–Trinajstić information content (AvgIpc) is 2.31. The van der Waals surface area contributed by atoms with Crippen LogP contribution in [0.1, 0.15) is 11.1 Å². The van der Waals surface area contributed by atoms with E-state index in [1.54, 1.807) is 19.1 Å². The smallest absolute Gasteiger partial charge is 0.297 e. The molecule has 0 atom stereocenters. The van der Waals surface area contributed by atoms with Crippen LogP contribution in [0.15, 0.2) is 32.3 Å². The number of nitrogens with one attached hydrogen (secondary N) is 1. The normalized spacial score (nSPS) is 10.7. The molecule has 0 aliphatic heterocycles. The monoisotopic (exact) mass is 328 g/mol. The first-order chi connectivity index (χ1) is 8.41. The number of H-pyrrole nitrogens is 1. The Labute approximate surface area is 116 Å². The van der Waals surface area contributed by atoms with Crippen molar-refractivity contribution in [2.45, 2.75) is 13.8 Å². The Morgan fingerprint density at radius 1 is 1.28 bits per heavy atom. The van der Waals surface area contributed by atoms with E-state index in [-0.39, 0.29) is 5.15 Å². The molecule has 4 nitrogen and oxygen atoms in total. The minimum Gasteiger partial charge on any atom is -0.297 e. The van der Waals surface area contributed by atoms with Gasteiger partial charge in [0.15, 0.2) is 0 Å². The van der Waals surface area contributed by atoms with Crippen LogP contribution in [0.4, 0.5) is 0 Å². The van der Waals surface area contributed by atoms with Crippen LogP contribution in [-0.2, 0) is 0 Å². The van der Waals surface area contributed by atoms with Crippen molar-refractivity contribution in [3.05, 3.63) is 59.8 Å². The number of halogens is 2. The van der Waals surface area contributed by atoms with Gasteiger partial charge in [-0.2, -0.15) is 0 Å². The van der Waals surface area contributed by atoms with E-state index in [4.69, 9.17) is 11.6 Å². The van der Waals surface area contributed by atoms with Crippen LogP contribution >= 0.6 is 27.5 Å². The standard InChI is InChI=1S/C12H10BrClN2O2/c1-6-3-4-8(13)9(5-6)16-11(17)7(2)10(14)15-12(16)18/h3-5H,1-2H3,(H,15,18). The fraction of sp³-hybridized carbons (Fsp3) is 0.167. The molecule has 1 aromatic carbocycles. The molecule has 2 rings (SSSR count). The molecule has 0 amide bonds. The molecule has 0 radical (unpaired) electrons. The lowest BCUT2D eigenvalue weighted by molar-refractivity contribution is 0.855. The van der Waals surface area contributed by atoms with Crippen molar-refractivity contribution in [1.82, 2.24) is 9.55 Å². The van der Waals surface area contributed by atoms with Gasteiger partial charge >= 0.3 is 5.69 Å². The fourth-order valence-corrected chi connectivity index (χ4v) is 2.20. The van der Waals surface area contributed by atoms with Crippen LogP contribution in [0.2, 0.25) is 5.15 Å². The first kappa shape index (κ1) is 13.1. The van der Waals surface area contributed by atoms with E-state index in [1.807, 2.05) is 13.0 Å². The second kappa shape index (κ2) is 4.74. The topological polar surface area (TPSA) is 54.9 Å². The summed E-state index contributed by atoms with van der Waals surface area (Å²) in [5.74, 6) is 0. The predicted octanol–water partition coefficient (Wildman–Crippen LogP) is 2.56. The Morgan fingerprint density at radius 3 is 2.61 bits per heavy atom. The van der Waals surface area contributed by atoms with E-state index < -0.39 is 11.2 Å². The van der Waals surface area contributed by atoms with Gasteiger partial charge in [0.2, 0.25) is 0 Å². The number of aryl methyl sites for hydroxylation is 1. The van der Waals surface area contributed by atoms with Crippen LogP contribution < -0.4 is 11.2 Å². The van der Waals surface area contributed by atoms with Gasteiger partial charge in [-0.15, -0.1) is 0 Å². The number of rotatable bonds is 1. The highest BCUT2D eigenvalue weighted by molar-refractivity contribution is 9.10. The maximum Gasteiger partial charge on any atom is 0.334 e. The number of benzene rings is 1. The van der Waals surface area contributed by atoms with Crippen molar-refractivity contribution in [3.63, 3.8) is 0 Å². The molecule has 2 aromatic rings. The number of nitrogens with zero attached hydrogens (tertiary/aromatic N) is 1. The minimum atomic E-state index is -0.554. The third-order valence-electron chi connectivity index (χ3n) is 2.62. The largest absolute Gasteiger partial charge is 0.334 e. The molecule has 0 saturated heterocycles. The lowest BCUT2D eigenvalue weighted by atomic mass is 10.2. The predicted molar refractivity (Wildman–Crippen MR) is 74.8 cm³/mol. The minimum absolute atomic E-state index is 0.0741. The molecule has 0 aliphatic carbocycles. The molecule has 0 spiro atoms. The van der Waals surface area contributed by atoms with Gasteiger partial charge in [0.25, 0.3) is 5.56 Å². The lowest BCUT2D eigenvalue weighted by Crippen LogP contribution is -2.35. The Bertz CT molecular complexity index is 734. The van der Waals surface area contributed by atoms with Gasteiger partial charge in [0, 0.05) is 4.47 Å². The van der Waals surface area contributed by atoms with Crippen molar-refractivity contribution in [2.75, 3.05) is 0 Å². The first-order valence-electron chi connectivity index (χ1n) is 5.20. The van der Waals surface area contributed by atoms with Crippen molar-refractivity contribution in [3.8, 4) is 5.69 Å². The van der Waals surface area contributed by atoms with E-state index >= 15 is 0 Å². The summed E-state index contributed by atoms with van der Waals surface area (Å²) in [5, 5.41) is 0.0741. The molecular weight excluding hydrogens is 320 g/mol. The quantitative estimate of drug-likeness (QED) is 0.818. The Hall–Kier alpha value is -1.33. The van der Waals surface area contributed by atoms with Crippen LogP contribution in [0.5, 0.6) is 0 Å². The zero-order valence-corrected chi connectivity index (χ0v) is 12.1. The molecular formula is C12H10BrClN2O2. The molecule has 1 heterocycles. The number of hydrogen-bond donors (Lipinski definition) is 1. The summed E-state index contributed by atoms with van der Waals surface area (Å²) in [6.45, 7) is 3.46. The van der Waals surface area contributed by atoms with Gasteiger partial charge in [-0.1, -0.05) is 17.7 Å². The Balaban J connectivity index is 2.88. The SMILES string of the molecule is Cc1ccc(Br)c(-n2c(=O)[nH]c(Cl)c(C)c2=O)c1. The third-order valence-corrected chi connectivity index (χ3v) is 3.66. The van der Waals surface area contributed by atoms with E-state index in [1.165, 1.54) is 0 Å². The summed E-state index contributed by atoms with van der Waals surface area (Å²) < 4.78 is 1.74. The summed E-state index contributed by atoms with van der Waals surface area (Å²) in [4.78, 5) is 26.4. The number of aromatic amines is 1. The number of aromatic nitrogens is 2. The molecule has 94 valence electrons. The van der Waals surface area contributed by atoms with Crippen LogP contribution in [0.3, 0.4) is 0 Å². The molecule has 1 aromatic heterocycles. The highest BCUT2D eigenvalue weighted by Gasteiger charge is 2.12. The van der Waals surface area contributed by atoms with E-state index in [2.05, 4.69) is 20.9 Å². The molecule has 0 saturated carbocycles. The van der Waals surface area contributed by atoms with Gasteiger partial charge in [-0.05, 0) is 47.5 Å². The van der Waals surface area contributed by atoms with Gasteiger partial charge in [-0.25, -0.2) is 9.36 Å². The zero-order chi connectivity index (χ0) is 13.4. The van der Waals surface area contributed by atoms with Gasteiger partial charge < -0.3 is 0 Å². The number of hydrogen-bond acceptors (Lipinski definition) is 2. The van der Waals surface area contributed by atoms with Crippen molar-refractivity contribution >= 4 is 27.5 Å². The van der Waals surface area contributed by atoms with Gasteiger partial charge in [-0.3, -0.25) is 9.78 Å². The average molecular weight is 330 g/mol. The molecule has 0 aliphatic rings. The molecule has 0 bridgehead atoms. The molecule has 6 heteroatoms. The maximum absolute atomic E-state index is 12.1. The molecule has 1 N–H and O–H groups in total.